The predicted molar refractivity (Wildman–Crippen MR) is 95.6 cm³/mol. The Labute approximate surface area is 149 Å². The smallest absolute Gasteiger partial charge is 0.260 e. The monoisotopic (exact) mass is 348 g/mol. The minimum absolute atomic E-state index is 0.0325. The number of methoxy groups -OCH3 is 1. The van der Waals surface area contributed by atoms with Crippen molar-refractivity contribution in [2.24, 2.45) is 0 Å². The summed E-state index contributed by atoms with van der Waals surface area (Å²) < 4.78 is 10.5. The number of hydrogen-bond donors (Lipinski definition) is 0. The maximum atomic E-state index is 12.3. The van der Waals surface area contributed by atoms with Gasteiger partial charge in [0.25, 0.3) is 5.91 Å². The van der Waals surface area contributed by atoms with Crippen molar-refractivity contribution in [1.82, 2.24) is 9.80 Å². The second-order valence-corrected chi connectivity index (χ2v) is 6.19. The highest BCUT2D eigenvalue weighted by atomic mass is 16.5. The fraction of sp³-hybridized carbons (Fsp3) is 0.579. The summed E-state index contributed by atoms with van der Waals surface area (Å²) in [5, 5.41) is 0. The van der Waals surface area contributed by atoms with E-state index in [1.54, 1.807) is 16.9 Å². The molecular formula is C19H28N2O4. The molecule has 1 heterocycles. The quantitative estimate of drug-likeness (QED) is 0.718. The number of benzene rings is 1. The summed E-state index contributed by atoms with van der Waals surface area (Å²) in [5.41, 5.74) is 1.27. The third-order valence-corrected chi connectivity index (χ3v) is 4.33. The zero-order valence-electron chi connectivity index (χ0n) is 15.2. The van der Waals surface area contributed by atoms with Crippen molar-refractivity contribution in [3.63, 3.8) is 0 Å². The zero-order chi connectivity index (χ0) is 18.1. The van der Waals surface area contributed by atoms with Crippen molar-refractivity contribution in [2.45, 2.75) is 26.2 Å². The van der Waals surface area contributed by atoms with Gasteiger partial charge >= 0.3 is 0 Å². The summed E-state index contributed by atoms with van der Waals surface area (Å²) in [6.45, 7) is 4.86. The van der Waals surface area contributed by atoms with Gasteiger partial charge in [0.1, 0.15) is 5.75 Å². The largest absolute Gasteiger partial charge is 0.484 e. The Bertz CT molecular complexity index is 551. The molecule has 0 saturated carbocycles. The standard InChI is InChI=1S/C19H28N2O4/c1-3-4-16-5-7-17(8-6-16)25-15-19(23)21-12-10-20(11-13-21)18(22)9-14-24-2/h5-8H,3-4,9-15H2,1-2H3. The number of hydrogen-bond acceptors (Lipinski definition) is 4. The van der Waals surface area contributed by atoms with Gasteiger partial charge in [-0.2, -0.15) is 0 Å². The van der Waals surface area contributed by atoms with Gasteiger partial charge in [0, 0.05) is 33.3 Å². The van der Waals surface area contributed by atoms with E-state index in [2.05, 4.69) is 6.92 Å². The highest BCUT2D eigenvalue weighted by Crippen LogP contribution is 2.14. The number of amides is 2. The second kappa shape index (κ2) is 10.0. The first kappa shape index (κ1) is 19.2. The molecule has 0 radical (unpaired) electrons. The van der Waals surface area contributed by atoms with Crippen LogP contribution in [-0.4, -0.2) is 68.1 Å². The summed E-state index contributed by atoms with van der Waals surface area (Å²) >= 11 is 0. The van der Waals surface area contributed by atoms with Crippen molar-refractivity contribution in [2.75, 3.05) is 46.5 Å². The number of ether oxygens (including phenoxy) is 2. The van der Waals surface area contributed by atoms with E-state index >= 15 is 0 Å². The lowest BCUT2D eigenvalue weighted by Crippen LogP contribution is -2.51. The maximum absolute atomic E-state index is 12.3. The van der Waals surface area contributed by atoms with Crippen LogP contribution in [0.2, 0.25) is 0 Å². The summed E-state index contributed by atoms with van der Waals surface area (Å²) in [5.74, 6) is 0.751. The van der Waals surface area contributed by atoms with Gasteiger partial charge in [-0.3, -0.25) is 9.59 Å². The van der Waals surface area contributed by atoms with Crippen LogP contribution in [0.4, 0.5) is 0 Å². The van der Waals surface area contributed by atoms with Crippen molar-refractivity contribution >= 4 is 11.8 Å². The highest BCUT2D eigenvalue weighted by molar-refractivity contribution is 5.79. The molecule has 0 atom stereocenters. The topological polar surface area (TPSA) is 59.1 Å². The molecule has 1 aromatic carbocycles. The van der Waals surface area contributed by atoms with Crippen molar-refractivity contribution in [3.05, 3.63) is 29.8 Å². The Balaban J connectivity index is 1.72. The van der Waals surface area contributed by atoms with Crippen LogP contribution in [0.3, 0.4) is 0 Å². The summed E-state index contributed by atoms with van der Waals surface area (Å²) in [4.78, 5) is 27.7. The number of carbonyl (C=O) groups is 2. The Hall–Kier alpha value is -2.08. The molecule has 1 saturated heterocycles. The first-order valence-electron chi connectivity index (χ1n) is 8.90. The van der Waals surface area contributed by atoms with E-state index < -0.39 is 0 Å². The van der Waals surface area contributed by atoms with Gasteiger partial charge in [-0.25, -0.2) is 0 Å². The molecule has 6 heteroatoms. The van der Waals surface area contributed by atoms with E-state index in [0.717, 1.165) is 12.8 Å². The van der Waals surface area contributed by atoms with Crippen LogP contribution in [0.25, 0.3) is 0 Å². The van der Waals surface area contributed by atoms with Crippen LogP contribution in [0.1, 0.15) is 25.3 Å². The van der Waals surface area contributed by atoms with Gasteiger partial charge in [0.2, 0.25) is 5.91 Å². The number of piperazine rings is 1. The molecule has 0 aromatic heterocycles. The molecule has 1 aromatic rings. The fourth-order valence-electron chi connectivity index (χ4n) is 2.83. The van der Waals surface area contributed by atoms with Crippen LogP contribution in [0, 0.1) is 0 Å². The molecule has 6 nitrogen and oxygen atoms in total. The molecule has 0 aliphatic carbocycles. The Morgan fingerprint density at radius 2 is 1.60 bits per heavy atom. The minimum atomic E-state index is -0.0402. The van der Waals surface area contributed by atoms with Gasteiger partial charge in [0.05, 0.1) is 13.0 Å². The lowest BCUT2D eigenvalue weighted by molar-refractivity contribution is -0.141. The zero-order valence-corrected chi connectivity index (χ0v) is 15.2. The second-order valence-electron chi connectivity index (χ2n) is 6.19. The fourth-order valence-corrected chi connectivity index (χ4v) is 2.83. The lowest BCUT2D eigenvalue weighted by atomic mass is 10.1. The number of carbonyl (C=O) groups excluding carboxylic acids is 2. The Morgan fingerprint density at radius 3 is 2.16 bits per heavy atom. The molecule has 2 amide bonds. The third kappa shape index (κ3) is 6.05. The molecule has 0 spiro atoms. The van der Waals surface area contributed by atoms with Crippen molar-refractivity contribution < 1.29 is 19.1 Å². The summed E-state index contributed by atoms with van der Waals surface area (Å²) in [6.07, 6.45) is 2.55. The Kier molecular flexibility index (Phi) is 7.73. The normalized spacial score (nSPS) is 14.5. The van der Waals surface area contributed by atoms with Gasteiger partial charge in [-0.05, 0) is 24.1 Å². The van der Waals surface area contributed by atoms with E-state index in [9.17, 15) is 9.59 Å². The Morgan fingerprint density at radius 1 is 1.00 bits per heavy atom. The van der Waals surface area contributed by atoms with Crippen LogP contribution in [0.15, 0.2) is 24.3 Å². The van der Waals surface area contributed by atoms with Crippen LogP contribution < -0.4 is 4.74 Å². The average molecular weight is 348 g/mol. The maximum Gasteiger partial charge on any atom is 0.260 e. The van der Waals surface area contributed by atoms with Gasteiger partial charge in [0.15, 0.2) is 6.61 Å². The van der Waals surface area contributed by atoms with Gasteiger partial charge < -0.3 is 19.3 Å². The first-order chi connectivity index (χ1) is 12.1. The molecule has 0 bridgehead atoms. The van der Waals surface area contributed by atoms with Crippen LogP contribution >= 0.6 is 0 Å². The van der Waals surface area contributed by atoms with E-state index in [0.29, 0.717) is 45.0 Å². The van der Waals surface area contributed by atoms with E-state index in [4.69, 9.17) is 9.47 Å². The van der Waals surface area contributed by atoms with E-state index in [-0.39, 0.29) is 18.4 Å². The molecule has 0 N–H and O–H groups in total. The van der Waals surface area contributed by atoms with Crippen LogP contribution in [0.5, 0.6) is 5.75 Å². The van der Waals surface area contributed by atoms with Gasteiger partial charge in [-0.1, -0.05) is 25.5 Å². The molecule has 25 heavy (non-hydrogen) atoms. The van der Waals surface area contributed by atoms with Gasteiger partial charge in [-0.15, -0.1) is 0 Å². The SMILES string of the molecule is CCCc1ccc(OCC(=O)N2CCN(C(=O)CCOC)CC2)cc1. The third-order valence-electron chi connectivity index (χ3n) is 4.33. The predicted octanol–water partition coefficient (Wildman–Crippen LogP) is 1.73. The molecule has 138 valence electrons. The van der Waals surface area contributed by atoms with Crippen molar-refractivity contribution in [3.8, 4) is 5.75 Å². The van der Waals surface area contributed by atoms with E-state index in [1.165, 1.54) is 5.56 Å². The summed E-state index contributed by atoms with van der Waals surface area (Å²) in [6, 6.07) is 7.89. The molecule has 1 aliphatic rings. The molecular weight excluding hydrogens is 320 g/mol. The number of rotatable bonds is 8. The minimum Gasteiger partial charge on any atom is -0.484 e. The molecule has 1 aliphatic heterocycles. The summed E-state index contributed by atoms with van der Waals surface area (Å²) in [7, 11) is 1.58. The lowest BCUT2D eigenvalue weighted by Gasteiger charge is -2.34. The molecule has 0 unspecified atom stereocenters. The van der Waals surface area contributed by atoms with Crippen molar-refractivity contribution in [1.29, 1.82) is 0 Å². The molecule has 1 fully saturated rings. The number of nitrogens with zero attached hydrogens (tertiary/aromatic N) is 2. The highest BCUT2D eigenvalue weighted by Gasteiger charge is 2.24. The van der Waals surface area contributed by atoms with Crippen LogP contribution in [-0.2, 0) is 20.7 Å². The first-order valence-corrected chi connectivity index (χ1v) is 8.90. The number of aryl methyl sites for hydroxylation is 1. The average Bonchev–Trinajstić information content (AvgIpc) is 2.65. The molecule has 2 rings (SSSR count). The van der Waals surface area contributed by atoms with E-state index in [1.807, 2.05) is 24.3 Å².